The Labute approximate surface area is 215 Å². The molecule has 1 unspecified atom stereocenters. The maximum absolute atomic E-state index is 13.4. The molecule has 3 aromatic rings. The van der Waals surface area contributed by atoms with Gasteiger partial charge in [-0.05, 0) is 74.4 Å². The first-order valence-corrected chi connectivity index (χ1v) is 12.2. The van der Waals surface area contributed by atoms with Crippen LogP contribution in [-0.4, -0.2) is 29.9 Å². The lowest BCUT2D eigenvalue weighted by Crippen LogP contribution is -2.30. The van der Waals surface area contributed by atoms with Gasteiger partial charge >= 0.3 is 0 Å². The van der Waals surface area contributed by atoms with Gasteiger partial charge in [-0.15, -0.1) is 0 Å². The molecule has 1 fully saturated rings. The first-order chi connectivity index (χ1) is 16.8. The molecule has 0 aromatic heterocycles. The van der Waals surface area contributed by atoms with E-state index in [2.05, 4.69) is 18.7 Å². The molecule has 1 amide bonds. The van der Waals surface area contributed by atoms with Gasteiger partial charge in [-0.1, -0.05) is 47.5 Å². The van der Waals surface area contributed by atoms with Crippen LogP contribution in [0.2, 0.25) is 10.0 Å². The van der Waals surface area contributed by atoms with Crippen LogP contribution < -0.4 is 9.80 Å². The lowest BCUT2D eigenvalue weighted by molar-refractivity contribution is -0.132. The Morgan fingerprint density at radius 3 is 2.20 bits per heavy atom. The van der Waals surface area contributed by atoms with Crippen molar-refractivity contribution in [1.29, 1.82) is 0 Å². The van der Waals surface area contributed by atoms with Crippen LogP contribution in [0.25, 0.3) is 5.76 Å². The molecule has 0 spiro atoms. The summed E-state index contributed by atoms with van der Waals surface area (Å²) < 4.78 is 0. The van der Waals surface area contributed by atoms with Crippen LogP contribution in [0.15, 0.2) is 72.3 Å². The second-order valence-corrected chi connectivity index (χ2v) is 9.16. The molecule has 0 bridgehead atoms. The van der Waals surface area contributed by atoms with E-state index in [-0.39, 0.29) is 16.4 Å². The van der Waals surface area contributed by atoms with Gasteiger partial charge in [0.2, 0.25) is 0 Å². The van der Waals surface area contributed by atoms with Gasteiger partial charge < -0.3 is 10.0 Å². The summed E-state index contributed by atoms with van der Waals surface area (Å²) in [5.74, 6) is -1.75. The van der Waals surface area contributed by atoms with Gasteiger partial charge in [0.25, 0.3) is 11.7 Å². The molecule has 35 heavy (non-hydrogen) atoms. The molecular formula is C28H26Cl2N2O3. The molecule has 1 saturated heterocycles. The van der Waals surface area contributed by atoms with Crippen molar-refractivity contribution >= 4 is 52.0 Å². The molecule has 4 rings (SSSR count). The topological polar surface area (TPSA) is 60.9 Å². The highest BCUT2D eigenvalue weighted by Crippen LogP contribution is 2.43. The Hall–Kier alpha value is -3.28. The Morgan fingerprint density at radius 2 is 1.60 bits per heavy atom. The summed E-state index contributed by atoms with van der Waals surface area (Å²) in [5.41, 5.74) is 3.57. The van der Waals surface area contributed by atoms with E-state index in [1.807, 2.05) is 55.5 Å². The highest BCUT2D eigenvalue weighted by atomic mass is 35.5. The summed E-state index contributed by atoms with van der Waals surface area (Å²) in [6, 6.07) is 18.9. The van der Waals surface area contributed by atoms with E-state index in [0.29, 0.717) is 16.3 Å². The molecule has 0 aliphatic carbocycles. The zero-order valence-corrected chi connectivity index (χ0v) is 21.3. The maximum atomic E-state index is 13.4. The second kappa shape index (κ2) is 10.1. The highest BCUT2D eigenvalue weighted by Gasteiger charge is 2.47. The van der Waals surface area contributed by atoms with Crippen LogP contribution >= 0.6 is 23.2 Å². The standard InChI is InChI=1S/C28H26Cl2N2O3/c1-4-31(5-2)19-11-13-20(14-12-19)32-25(21-9-7-6-8-17(21)3)24(27(34)28(32)35)26(33)18-10-15-22(29)23(30)16-18/h6-16,25,33H,4-5H2,1-3H3/b26-24+. The quantitative estimate of drug-likeness (QED) is 0.226. The summed E-state index contributed by atoms with van der Waals surface area (Å²) in [6.07, 6.45) is 0. The van der Waals surface area contributed by atoms with Crippen LogP contribution in [0, 0.1) is 6.92 Å². The average Bonchev–Trinajstić information content (AvgIpc) is 3.12. The lowest BCUT2D eigenvalue weighted by atomic mass is 9.92. The number of nitrogens with zero attached hydrogens (tertiary/aromatic N) is 2. The van der Waals surface area contributed by atoms with E-state index in [9.17, 15) is 14.7 Å². The van der Waals surface area contributed by atoms with E-state index >= 15 is 0 Å². The number of hydrogen-bond donors (Lipinski definition) is 1. The summed E-state index contributed by atoms with van der Waals surface area (Å²) in [5, 5.41) is 11.8. The molecule has 1 heterocycles. The molecule has 1 aliphatic heterocycles. The third-order valence-electron chi connectivity index (χ3n) is 6.38. The molecule has 5 nitrogen and oxygen atoms in total. The van der Waals surface area contributed by atoms with Crippen LogP contribution in [0.4, 0.5) is 11.4 Å². The second-order valence-electron chi connectivity index (χ2n) is 8.34. The fourth-order valence-corrected chi connectivity index (χ4v) is 4.80. The summed E-state index contributed by atoms with van der Waals surface area (Å²) in [6.45, 7) is 7.78. The number of hydrogen-bond acceptors (Lipinski definition) is 4. The molecular weight excluding hydrogens is 483 g/mol. The third kappa shape index (κ3) is 4.54. The molecule has 180 valence electrons. The van der Waals surface area contributed by atoms with Crippen molar-refractivity contribution in [2.45, 2.75) is 26.8 Å². The zero-order chi connectivity index (χ0) is 25.3. The minimum atomic E-state index is -0.801. The van der Waals surface area contributed by atoms with Gasteiger partial charge in [0.1, 0.15) is 5.76 Å². The van der Waals surface area contributed by atoms with Crippen LogP contribution in [0.3, 0.4) is 0 Å². The molecule has 1 aliphatic rings. The number of ketones is 1. The van der Waals surface area contributed by atoms with Crippen LogP contribution in [-0.2, 0) is 9.59 Å². The van der Waals surface area contributed by atoms with E-state index in [4.69, 9.17) is 23.2 Å². The van der Waals surface area contributed by atoms with E-state index in [0.717, 1.165) is 29.9 Å². The van der Waals surface area contributed by atoms with Crippen LogP contribution in [0.1, 0.15) is 36.6 Å². The molecule has 1 atom stereocenters. The zero-order valence-electron chi connectivity index (χ0n) is 19.8. The number of aryl methyl sites for hydroxylation is 1. The van der Waals surface area contributed by atoms with Gasteiger partial charge in [0.05, 0.1) is 21.7 Å². The number of aliphatic hydroxyl groups excluding tert-OH is 1. The number of rotatable bonds is 6. The van der Waals surface area contributed by atoms with E-state index in [1.165, 1.54) is 11.0 Å². The summed E-state index contributed by atoms with van der Waals surface area (Å²) >= 11 is 12.2. The number of amides is 1. The van der Waals surface area contributed by atoms with Gasteiger partial charge in [-0.25, -0.2) is 0 Å². The minimum Gasteiger partial charge on any atom is -0.507 e. The molecule has 0 saturated carbocycles. The molecule has 1 N–H and O–H groups in total. The first kappa shape index (κ1) is 24.8. The molecule has 3 aromatic carbocycles. The lowest BCUT2D eigenvalue weighted by Gasteiger charge is -2.27. The number of carbonyl (C=O) groups excluding carboxylic acids is 2. The van der Waals surface area contributed by atoms with Crippen molar-refractivity contribution in [3.05, 3.63) is 99.0 Å². The number of aliphatic hydroxyl groups is 1. The van der Waals surface area contributed by atoms with E-state index in [1.54, 1.807) is 12.1 Å². The SMILES string of the molecule is CCN(CC)c1ccc(N2C(=O)C(=O)/C(=C(/O)c3ccc(Cl)c(Cl)c3)C2c2ccccc2C)cc1. The minimum absolute atomic E-state index is 0.00973. The fraction of sp³-hybridized carbons (Fsp3) is 0.214. The van der Waals surface area contributed by atoms with Crippen molar-refractivity contribution in [1.82, 2.24) is 0 Å². The smallest absolute Gasteiger partial charge is 0.300 e. The normalized spacial score (nSPS) is 17.2. The fourth-order valence-electron chi connectivity index (χ4n) is 4.50. The van der Waals surface area contributed by atoms with Crippen LogP contribution in [0.5, 0.6) is 0 Å². The number of Topliss-reactive ketones (excluding diaryl/α,β-unsaturated/α-hetero) is 1. The van der Waals surface area contributed by atoms with Gasteiger partial charge in [-0.3, -0.25) is 14.5 Å². The Balaban J connectivity index is 1.90. The predicted molar refractivity (Wildman–Crippen MR) is 142 cm³/mol. The number of benzene rings is 3. The molecule has 0 radical (unpaired) electrons. The largest absolute Gasteiger partial charge is 0.507 e. The third-order valence-corrected chi connectivity index (χ3v) is 7.12. The maximum Gasteiger partial charge on any atom is 0.300 e. The van der Waals surface area contributed by atoms with Gasteiger partial charge in [0.15, 0.2) is 0 Å². The van der Waals surface area contributed by atoms with Crippen molar-refractivity contribution in [3.8, 4) is 0 Å². The Morgan fingerprint density at radius 1 is 0.943 bits per heavy atom. The average molecular weight is 509 g/mol. The summed E-state index contributed by atoms with van der Waals surface area (Å²) in [4.78, 5) is 30.4. The van der Waals surface area contributed by atoms with Crippen molar-refractivity contribution in [2.24, 2.45) is 0 Å². The molecule has 7 heteroatoms. The number of anilines is 2. The number of halogens is 2. The monoisotopic (exact) mass is 508 g/mol. The van der Waals surface area contributed by atoms with Crippen molar-refractivity contribution in [2.75, 3.05) is 22.9 Å². The van der Waals surface area contributed by atoms with Crippen molar-refractivity contribution in [3.63, 3.8) is 0 Å². The Kier molecular flexibility index (Phi) is 7.20. The van der Waals surface area contributed by atoms with Gasteiger partial charge in [-0.2, -0.15) is 0 Å². The first-order valence-electron chi connectivity index (χ1n) is 11.4. The number of carbonyl (C=O) groups is 2. The predicted octanol–water partition coefficient (Wildman–Crippen LogP) is 6.77. The Bertz CT molecular complexity index is 1310. The summed E-state index contributed by atoms with van der Waals surface area (Å²) in [7, 11) is 0. The highest BCUT2D eigenvalue weighted by molar-refractivity contribution is 6.51. The van der Waals surface area contributed by atoms with Crippen molar-refractivity contribution < 1.29 is 14.7 Å². The van der Waals surface area contributed by atoms with Gasteiger partial charge in [0, 0.05) is 30.0 Å². The van der Waals surface area contributed by atoms with E-state index < -0.39 is 17.7 Å².